The second kappa shape index (κ2) is 9.34. The number of aliphatic hydroxyl groups excluding tert-OH is 1. The lowest BCUT2D eigenvalue weighted by Crippen LogP contribution is -2.44. The highest BCUT2D eigenvalue weighted by molar-refractivity contribution is 5.81. The van der Waals surface area contributed by atoms with E-state index >= 15 is 0 Å². The Morgan fingerprint density at radius 2 is 2.09 bits per heavy atom. The van der Waals surface area contributed by atoms with Crippen LogP contribution in [-0.2, 0) is 11.2 Å². The monoisotopic (exact) mass is 442 g/mol. The minimum absolute atomic E-state index is 0.00310. The molecular weight excluding hydrogens is 400 g/mol. The van der Waals surface area contributed by atoms with Crippen molar-refractivity contribution in [3.05, 3.63) is 29.3 Å². The fourth-order valence-electron chi connectivity index (χ4n) is 7.32. The lowest BCUT2D eigenvalue weighted by atomic mass is 9.55. The Morgan fingerprint density at radius 1 is 1.31 bits per heavy atom. The first kappa shape index (κ1) is 23.6. The van der Waals surface area contributed by atoms with E-state index in [0.29, 0.717) is 48.3 Å². The molecule has 0 spiro atoms. The third kappa shape index (κ3) is 4.43. The van der Waals surface area contributed by atoms with Crippen molar-refractivity contribution >= 4 is 5.91 Å². The van der Waals surface area contributed by atoms with Gasteiger partial charge in [0, 0.05) is 6.54 Å². The van der Waals surface area contributed by atoms with Gasteiger partial charge in [-0.25, -0.2) is 0 Å². The van der Waals surface area contributed by atoms with Crippen molar-refractivity contribution in [3.63, 3.8) is 0 Å². The van der Waals surface area contributed by atoms with Gasteiger partial charge in [-0.05, 0) is 110 Å². The molecule has 2 saturated carbocycles. The Labute approximate surface area is 193 Å². The van der Waals surface area contributed by atoms with Gasteiger partial charge in [0.05, 0.1) is 12.1 Å². The highest BCUT2D eigenvalue weighted by atomic mass is 16.3. The van der Waals surface area contributed by atoms with Gasteiger partial charge < -0.3 is 21.3 Å². The second-order valence-electron chi connectivity index (χ2n) is 11.5. The summed E-state index contributed by atoms with van der Waals surface area (Å²) in [4.78, 5) is 12.2. The van der Waals surface area contributed by atoms with E-state index in [4.69, 9.17) is 5.73 Å². The number of fused-ring (bicyclic) bond motifs is 5. The van der Waals surface area contributed by atoms with Crippen LogP contribution >= 0.6 is 0 Å². The standard InChI is InChI=1S/C27H42N2O3/c1-16(2)13-24(28)26(32)29-12-4-5-18-15-23-22-8-6-17-14-19(30)7-9-20(17)21(22)10-11-27(23,3)25(18)31/h7,9,14,16,18,21-25,30-31H,4-6,8,10-13,15,28H2,1-3H3,(H,29,32)/t18-,21+,22+,23-,24-,25-,27-/m0/s1. The Morgan fingerprint density at radius 3 is 2.84 bits per heavy atom. The summed E-state index contributed by atoms with van der Waals surface area (Å²) in [5.41, 5.74) is 8.73. The van der Waals surface area contributed by atoms with Gasteiger partial charge >= 0.3 is 0 Å². The number of nitrogens with one attached hydrogen (secondary N) is 1. The van der Waals surface area contributed by atoms with Crippen molar-refractivity contribution in [1.82, 2.24) is 5.32 Å². The number of benzene rings is 1. The molecule has 1 aromatic carbocycles. The van der Waals surface area contributed by atoms with Crippen molar-refractivity contribution in [2.24, 2.45) is 34.8 Å². The van der Waals surface area contributed by atoms with Gasteiger partial charge in [0.25, 0.3) is 0 Å². The summed E-state index contributed by atoms with van der Waals surface area (Å²) in [6.07, 6.45) is 7.77. The first-order valence-electron chi connectivity index (χ1n) is 12.7. The Balaban J connectivity index is 1.34. The molecular formula is C27H42N2O3. The molecule has 3 aliphatic rings. The maximum atomic E-state index is 12.2. The summed E-state index contributed by atoms with van der Waals surface area (Å²) in [6.45, 7) is 7.11. The maximum Gasteiger partial charge on any atom is 0.236 e. The number of amides is 1. The topological polar surface area (TPSA) is 95.6 Å². The van der Waals surface area contributed by atoms with Crippen LogP contribution in [0.5, 0.6) is 5.75 Å². The zero-order valence-electron chi connectivity index (χ0n) is 20.0. The third-order valence-corrected chi connectivity index (χ3v) is 8.94. The molecule has 5 N–H and O–H groups in total. The normalized spacial score (nSPS) is 34.5. The molecule has 0 heterocycles. The van der Waals surface area contributed by atoms with E-state index in [1.54, 1.807) is 0 Å². The van der Waals surface area contributed by atoms with Gasteiger partial charge in [0.1, 0.15) is 5.75 Å². The van der Waals surface area contributed by atoms with E-state index in [2.05, 4.69) is 32.2 Å². The molecule has 2 fully saturated rings. The average Bonchev–Trinajstić information content (AvgIpc) is 3.00. The number of hydrogen-bond acceptors (Lipinski definition) is 4. The number of nitrogens with two attached hydrogens (primary N) is 1. The molecule has 0 radical (unpaired) electrons. The lowest BCUT2D eigenvalue weighted by molar-refractivity contribution is -0.122. The lowest BCUT2D eigenvalue weighted by Gasteiger charge is -2.50. The van der Waals surface area contributed by atoms with Crippen LogP contribution in [0.1, 0.15) is 82.8 Å². The summed E-state index contributed by atoms with van der Waals surface area (Å²) in [7, 11) is 0. The van der Waals surface area contributed by atoms with Crippen LogP contribution in [0.2, 0.25) is 0 Å². The Bertz CT molecular complexity index is 825. The predicted molar refractivity (Wildman–Crippen MR) is 127 cm³/mol. The van der Waals surface area contributed by atoms with Gasteiger partial charge in [-0.1, -0.05) is 26.8 Å². The molecule has 32 heavy (non-hydrogen) atoms. The molecule has 1 aromatic rings. The predicted octanol–water partition coefficient (Wildman–Crippen LogP) is 4.11. The van der Waals surface area contributed by atoms with Crippen molar-refractivity contribution < 1.29 is 15.0 Å². The van der Waals surface area contributed by atoms with Crippen LogP contribution in [0.25, 0.3) is 0 Å². The molecule has 7 atom stereocenters. The van der Waals surface area contributed by atoms with Crippen molar-refractivity contribution in [2.45, 2.75) is 90.2 Å². The van der Waals surface area contributed by atoms with Gasteiger partial charge in [-0.2, -0.15) is 0 Å². The number of aryl methyl sites for hydroxylation is 1. The zero-order valence-corrected chi connectivity index (χ0v) is 20.0. The molecule has 0 aromatic heterocycles. The number of aromatic hydroxyl groups is 1. The summed E-state index contributed by atoms with van der Waals surface area (Å²) >= 11 is 0. The summed E-state index contributed by atoms with van der Waals surface area (Å²) in [5, 5.41) is 24.2. The first-order valence-corrected chi connectivity index (χ1v) is 12.7. The second-order valence-corrected chi connectivity index (χ2v) is 11.5. The highest BCUT2D eigenvalue weighted by Crippen LogP contribution is 2.62. The largest absolute Gasteiger partial charge is 0.508 e. The number of rotatable bonds is 7. The number of carbonyl (C=O) groups excluding carboxylic acids is 1. The Hall–Kier alpha value is -1.59. The van der Waals surface area contributed by atoms with Gasteiger partial charge in [-0.3, -0.25) is 4.79 Å². The van der Waals surface area contributed by atoms with Crippen LogP contribution in [-0.4, -0.2) is 34.8 Å². The number of aliphatic hydroxyl groups is 1. The van der Waals surface area contributed by atoms with Crippen LogP contribution in [0.4, 0.5) is 0 Å². The molecule has 0 bridgehead atoms. The minimum atomic E-state index is -0.429. The zero-order chi connectivity index (χ0) is 23.0. The van der Waals surface area contributed by atoms with Gasteiger partial charge in [0.15, 0.2) is 0 Å². The molecule has 0 unspecified atom stereocenters. The number of hydrogen-bond donors (Lipinski definition) is 4. The smallest absolute Gasteiger partial charge is 0.236 e. The Kier molecular flexibility index (Phi) is 6.88. The highest BCUT2D eigenvalue weighted by Gasteiger charge is 2.57. The van der Waals surface area contributed by atoms with E-state index in [-0.39, 0.29) is 17.4 Å². The molecule has 0 aliphatic heterocycles. The van der Waals surface area contributed by atoms with E-state index < -0.39 is 6.04 Å². The molecule has 5 nitrogen and oxygen atoms in total. The van der Waals surface area contributed by atoms with Crippen LogP contribution < -0.4 is 11.1 Å². The molecule has 178 valence electrons. The SMILES string of the molecule is CC(C)C[C@H](N)C(=O)NCCC[C@H]1C[C@H]2[C@@H]3CCc4cc(O)ccc4[C@H]3CC[C@]2(C)[C@H]1O. The third-order valence-electron chi connectivity index (χ3n) is 8.94. The fraction of sp³-hybridized carbons (Fsp3) is 0.741. The van der Waals surface area contributed by atoms with Crippen LogP contribution in [0, 0.1) is 29.1 Å². The van der Waals surface area contributed by atoms with E-state index in [0.717, 1.165) is 44.9 Å². The number of phenols is 1. The summed E-state index contributed by atoms with van der Waals surface area (Å²) in [5.74, 6) is 2.78. The number of phenolic OH excluding ortho intramolecular Hbond substituents is 1. The quantitative estimate of drug-likeness (QED) is 0.478. The minimum Gasteiger partial charge on any atom is -0.508 e. The van der Waals surface area contributed by atoms with Crippen molar-refractivity contribution in [1.29, 1.82) is 0 Å². The molecule has 5 heteroatoms. The number of carbonyl (C=O) groups is 1. The maximum absolute atomic E-state index is 12.2. The van der Waals surface area contributed by atoms with E-state index in [9.17, 15) is 15.0 Å². The fourth-order valence-corrected chi connectivity index (χ4v) is 7.32. The van der Waals surface area contributed by atoms with Crippen molar-refractivity contribution in [2.75, 3.05) is 6.54 Å². The van der Waals surface area contributed by atoms with Crippen LogP contribution in [0.3, 0.4) is 0 Å². The van der Waals surface area contributed by atoms with Gasteiger partial charge in [-0.15, -0.1) is 0 Å². The molecule has 0 saturated heterocycles. The van der Waals surface area contributed by atoms with E-state index in [1.165, 1.54) is 11.1 Å². The van der Waals surface area contributed by atoms with E-state index in [1.807, 2.05) is 12.1 Å². The molecule has 4 rings (SSSR count). The first-order chi connectivity index (χ1) is 15.2. The molecule has 1 amide bonds. The van der Waals surface area contributed by atoms with Gasteiger partial charge in [0.2, 0.25) is 5.91 Å². The molecule has 3 aliphatic carbocycles. The average molecular weight is 443 g/mol. The summed E-state index contributed by atoms with van der Waals surface area (Å²) < 4.78 is 0. The van der Waals surface area contributed by atoms with Crippen LogP contribution in [0.15, 0.2) is 18.2 Å². The van der Waals surface area contributed by atoms with Crippen molar-refractivity contribution in [3.8, 4) is 5.75 Å². The summed E-state index contributed by atoms with van der Waals surface area (Å²) in [6, 6.07) is 5.50.